The standard InChI is InChI=1S/C14H20N2O3/c1-11(17)12-6-7-13(14(10-12)16(18)19)15-8-4-2-3-5-9-15/h6-7,10-11,17H,2-5,8-9H2,1H3. The van der Waals surface area contributed by atoms with Crippen LogP contribution in [0.5, 0.6) is 0 Å². The molecule has 104 valence electrons. The molecular formula is C14H20N2O3. The number of hydrogen-bond donors (Lipinski definition) is 1. The molecule has 0 saturated carbocycles. The number of aliphatic hydroxyl groups excluding tert-OH is 1. The van der Waals surface area contributed by atoms with Gasteiger partial charge in [-0.05, 0) is 31.4 Å². The number of benzene rings is 1. The van der Waals surface area contributed by atoms with Gasteiger partial charge in [0.1, 0.15) is 5.69 Å². The van der Waals surface area contributed by atoms with E-state index in [1.807, 2.05) is 0 Å². The molecule has 19 heavy (non-hydrogen) atoms. The van der Waals surface area contributed by atoms with E-state index in [4.69, 9.17) is 0 Å². The number of nitro benzene ring substituents is 1. The van der Waals surface area contributed by atoms with Crippen molar-refractivity contribution in [2.45, 2.75) is 38.7 Å². The Morgan fingerprint density at radius 1 is 1.26 bits per heavy atom. The van der Waals surface area contributed by atoms with Gasteiger partial charge in [-0.2, -0.15) is 0 Å². The minimum Gasteiger partial charge on any atom is -0.389 e. The van der Waals surface area contributed by atoms with Crippen LogP contribution < -0.4 is 4.90 Å². The molecule has 1 aliphatic rings. The normalized spacial score (nSPS) is 17.9. The number of nitrogens with zero attached hydrogens (tertiary/aromatic N) is 2. The van der Waals surface area contributed by atoms with Crippen molar-refractivity contribution in [3.8, 4) is 0 Å². The average Bonchev–Trinajstić information content (AvgIpc) is 2.66. The molecule has 1 aliphatic heterocycles. The first kappa shape index (κ1) is 13.8. The van der Waals surface area contributed by atoms with Gasteiger partial charge in [0.05, 0.1) is 11.0 Å². The molecule has 0 aliphatic carbocycles. The molecule has 1 unspecified atom stereocenters. The second-order valence-corrected chi connectivity index (χ2v) is 5.08. The zero-order valence-corrected chi connectivity index (χ0v) is 11.2. The average molecular weight is 264 g/mol. The minimum absolute atomic E-state index is 0.0975. The van der Waals surface area contributed by atoms with Crippen molar-refractivity contribution in [2.24, 2.45) is 0 Å². The molecular weight excluding hydrogens is 244 g/mol. The molecule has 2 rings (SSSR count). The van der Waals surface area contributed by atoms with Crippen LogP contribution in [0.25, 0.3) is 0 Å². The van der Waals surface area contributed by atoms with Crippen LogP contribution in [-0.4, -0.2) is 23.1 Å². The highest BCUT2D eigenvalue weighted by Gasteiger charge is 2.21. The van der Waals surface area contributed by atoms with Crippen LogP contribution in [0.4, 0.5) is 11.4 Å². The summed E-state index contributed by atoms with van der Waals surface area (Å²) in [5, 5.41) is 20.8. The Kier molecular flexibility index (Phi) is 4.37. The molecule has 1 saturated heterocycles. The van der Waals surface area contributed by atoms with E-state index in [1.54, 1.807) is 19.1 Å². The van der Waals surface area contributed by atoms with Crippen molar-refractivity contribution in [3.63, 3.8) is 0 Å². The Hall–Kier alpha value is -1.62. The molecule has 1 fully saturated rings. The van der Waals surface area contributed by atoms with E-state index in [1.165, 1.54) is 18.9 Å². The van der Waals surface area contributed by atoms with Crippen molar-refractivity contribution in [3.05, 3.63) is 33.9 Å². The van der Waals surface area contributed by atoms with Crippen LogP contribution in [0.2, 0.25) is 0 Å². The second kappa shape index (κ2) is 6.02. The highest BCUT2D eigenvalue weighted by Crippen LogP contribution is 2.32. The predicted octanol–water partition coefficient (Wildman–Crippen LogP) is 3.03. The van der Waals surface area contributed by atoms with E-state index < -0.39 is 6.10 Å². The third-order valence-electron chi connectivity index (χ3n) is 3.63. The number of anilines is 1. The van der Waals surface area contributed by atoms with Crippen LogP contribution in [-0.2, 0) is 0 Å². The van der Waals surface area contributed by atoms with Crippen LogP contribution in [0, 0.1) is 10.1 Å². The van der Waals surface area contributed by atoms with E-state index in [0.717, 1.165) is 25.9 Å². The van der Waals surface area contributed by atoms with Crippen molar-refractivity contribution < 1.29 is 10.0 Å². The Bertz CT molecular complexity index is 452. The lowest BCUT2D eigenvalue weighted by Crippen LogP contribution is -2.24. The van der Waals surface area contributed by atoms with Gasteiger partial charge >= 0.3 is 0 Å². The smallest absolute Gasteiger partial charge is 0.292 e. The van der Waals surface area contributed by atoms with E-state index >= 15 is 0 Å². The Morgan fingerprint density at radius 2 is 1.89 bits per heavy atom. The molecule has 1 atom stereocenters. The third-order valence-corrected chi connectivity index (χ3v) is 3.63. The Morgan fingerprint density at radius 3 is 2.42 bits per heavy atom. The Balaban J connectivity index is 2.35. The van der Waals surface area contributed by atoms with E-state index in [9.17, 15) is 15.2 Å². The lowest BCUT2D eigenvalue weighted by Gasteiger charge is -2.22. The predicted molar refractivity (Wildman–Crippen MR) is 74.4 cm³/mol. The fourth-order valence-electron chi connectivity index (χ4n) is 2.53. The van der Waals surface area contributed by atoms with Crippen LogP contribution >= 0.6 is 0 Å². The summed E-state index contributed by atoms with van der Waals surface area (Å²) in [6.07, 6.45) is 3.85. The van der Waals surface area contributed by atoms with Crippen molar-refractivity contribution in [1.29, 1.82) is 0 Å². The summed E-state index contributed by atoms with van der Waals surface area (Å²) in [4.78, 5) is 13.0. The second-order valence-electron chi connectivity index (χ2n) is 5.08. The van der Waals surface area contributed by atoms with Gasteiger partial charge in [-0.25, -0.2) is 0 Å². The summed E-state index contributed by atoms with van der Waals surface area (Å²) in [7, 11) is 0. The maximum Gasteiger partial charge on any atom is 0.292 e. The molecule has 0 spiro atoms. The van der Waals surface area contributed by atoms with Gasteiger partial charge in [0.15, 0.2) is 0 Å². The molecule has 1 aromatic rings. The van der Waals surface area contributed by atoms with Gasteiger partial charge in [-0.1, -0.05) is 18.9 Å². The lowest BCUT2D eigenvalue weighted by molar-refractivity contribution is -0.384. The number of nitro groups is 1. The first-order valence-corrected chi connectivity index (χ1v) is 6.81. The minimum atomic E-state index is -0.683. The summed E-state index contributed by atoms with van der Waals surface area (Å²) in [5.41, 5.74) is 1.36. The largest absolute Gasteiger partial charge is 0.389 e. The van der Waals surface area contributed by atoms with E-state index in [0.29, 0.717) is 11.3 Å². The quantitative estimate of drug-likeness (QED) is 0.673. The summed E-state index contributed by atoms with van der Waals surface area (Å²) < 4.78 is 0. The summed E-state index contributed by atoms with van der Waals surface area (Å²) in [6, 6.07) is 5.04. The zero-order chi connectivity index (χ0) is 13.8. The van der Waals surface area contributed by atoms with Gasteiger partial charge < -0.3 is 10.0 Å². The molecule has 5 nitrogen and oxygen atoms in total. The maximum absolute atomic E-state index is 11.2. The highest BCUT2D eigenvalue weighted by atomic mass is 16.6. The van der Waals surface area contributed by atoms with Gasteiger partial charge in [0.2, 0.25) is 0 Å². The van der Waals surface area contributed by atoms with E-state index in [2.05, 4.69) is 4.90 Å². The molecule has 0 radical (unpaired) electrons. The van der Waals surface area contributed by atoms with Crippen LogP contribution in [0.15, 0.2) is 18.2 Å². The first-order chi connectivity index (χ1) is 9.09. The zero-order valence-electron chi connectivity index (χ0n) is 11.2. The number of rotatable bonds is 3. The third kappa shape index (κ3) is 3.23. The summed E-state index contributed by atoms with van der Waals surface area (Å²) >= 11 is 0. The molecule has 5 heteroatoms. The molecule has 1 heterocycles. The SMILES string of the molecule is CC(O)c1ccc(N2CCCCCC2)c([N+](=O)[O-])c1. The lowest BCUT2D eigenvalue weighted by atomic mass is 10.1. The van der Waals surface area contributed by atoms with Crippen LogP contribution in [0.3, 0.4) is 0 Å². The van der Waals surface area contributed by atoms with Gasteiger partial charge in [-0.15, -0.1) is 0 Å². The highest BCUT2D eigenvalue weighted by molar-refractivity contribution is 5.64. The number of aliphatic hydroxyl groups is 1. The van der Waals surface area contributed by atoms with Gasteiger partial charge in [0.25, 0.3) is 5.69 Å². The topological polar surface area (TPSA) is 66.6 Å². The fourth-order valence-corrected chi connectivity index (χ4v) is 2.53. The molecule has 0 amide bonds. The van der Waals surface area contributed by atoms with Crippen molar-refractivity contribution >= 4 is 11.4 Å². The molecule has 1 N–H and O–H groups in total. The van der Waals surface area contributed by atoms with Crippen molar-refractivity contribution in [1.82, 2.24) is 0 Å². The summed E-state index contributed by atoms with van der Waals surface area (Å²) in [6.45, 7) is 3.36. The van der Waals surface area contributed by atoms with E-state index in [-0.39, 0.29) is 10.6 Å². The fraction of sp³-hybridized carbons (Fsp3) is 0.571. The van der Waals surface area contributed by atoms with Crippen molar-refractivity contribution in [2.75, 3.05) is 18.0 Å². The molecule has 0 aromatic heterocycles. The maximum atomic E-state index is 11.2. The first-order valence-electron chi connectivity index (χ1n) is 6.81. The Labute approximate surface area is 113 Å². The molecule has 0 bridgehead atoms. The van der Waals surface area contributed by atoms with Gasteiger partial charge in [0, 0.05) is 19.2 Å². The van der Waals surface area contributed by atoms with Gasteiger partial charge in [-0.3, -0.25) is 10.1 Å². The van der Waals surface area contributed by atoms with Crippen LogP contribution in [0.1, 0.15) is 44.3 Å². The number of hydrogen-bond acceptors (Lipinski definition) is 4. The molecule has 1 aromatic carbocycles. The monoisotopic (exact) mass is 264 g/mol. The summed E-state index contributed by atoms with van der Waals surface area (Å²) in [5.74, 6) is 0.